The number of hydrogen-bond acceptors (Lipinski definition) is 8. The molecule has 0 unspecified atom stereocenters. The second-order valence-electron chi connectivity index (χ2n) is 3.11. The van der Waals surface area contributed by atoms with Crippen LogP contribution in [0.15, 0.2) is 12.3 Å². The van der Waals surface area contributed by atoms with Gasteiger partial charge in [-0.15, -0.1) is 10.2 Å². The Balaban J connectivity index is 2.27. The van der Waals surface area contributed by atoms with Crippen molar-refractivity contribution in [1.82, 2.24) is 25.6 Å². The number of anilines is 1. The molecule has 0 fully saturated rings. The van der Waals surface area contributed by atoms with Crippen LogP contribution in [-0.2, 0) is 6.54 Å². The smallest absolute Gasteiger partial charge is 0.328 e. The number of pyridine rings is 1. The SMILES string of the molecule is N#Cc1ccnc(NCc2nn[nH]n2)c1[N+](=O)[O-]. The lowest BCUT2D eigenvalue weighted by Crippen LogP contribution is -2.07. The van der Waals surface area contributed by atoms with Gasteiger partial charge in [0, 0.05) is 6.20 Å². The highest BCUT2D eigenvalue weighted by molar-refractivity contribution is 5.63. The zero-order chi connectivity index (χ0) is 13.0. The first kappa shape index (κ1) is 11.4. The molecule has 90 valence electrons. The van der Waals surface area contributed by atoms with Crippen molar-refractivity contribution in [3.05, 3.63) is 33.8 Å². The molecule has 0 aliphatic heterocycles. The Labute approximate surface area is 99.8 Å². The average Bonchev–Trinajstić information content (AvgIpc) is 2.88. The van der Waals surface area contributed by atoms with Crippen LogP contribution in [0.3, 0.4) is 0 Å². The van der Waals surface area contributed by atoms with Crippen molar-refractivity contribution < 1.29 is 4.92 Å². The molecule has 2 heterocycles. The van der Waals surface area contributed by atoms with Gasteiger partial charge >= 0.3 is 5.69 Å². The zero-order valence-corrected chi connectivity index (χ0v) is 8.86. The van der Waals surface area contributed by atoms with Gasteiger partial charge in [-0.3, -0.25) is 10.1 Å². The minimum atomic E-state index is -0.663. The van der Waals surface area contributed by atoms with Crippen LogP contribution in [0.4, 0.5) is 11.5 Å². The molecule has 0 aromatic carbocycles. The second-order valence-corrected chi connectivity index (χ2v) is 3.11. The van der Waals surface area contributed by atoms with Gasteiger partial charge in [-0.05, 0) is 6.07 Å². The molecule has 0 radical (unpaired) electrons. The maximum absolute atomic E-state index is 10.9. The number of nitrogens with zero attached hydrogens (tertiary/aromatic N) is 6. The molecule has 10 nitrogen and oxygen atoms in total. The van der Waals surface area contributed by atoms with Gasteiger partial charge in [-0.1, -0.05) is 5.21 Å². The van der Waals surface area contributed by atoms with E-state index < -0.39 is 4.92 Å². The lowest BCUT2D eigenvalue weighted by Gasteiger charge is -2.03. The highest BCUT2D eigenvalue weighted by Gasteiger charge is 2.21. The van der Waals surface area contributed by atoms with Gasteiger partial charge in [-0.25, -0.2) is 4.98 Å². The number of tetrazole rings is 1. The summed E-state index contributed by atoms with van der Waals surface area (Å²) in [7, 11) is 0. The van der Waals surface area contributed by atoms with Crippen molar-refractivity contribution in [1.29, 1.82) is 5.26 Å². The van der Waals surface area contributed by atoms with E-state index in [2.05, 4.69) is 30.9 Å². The number of nitrogens with one attached hydrogen (secondary N) is 2. The predicted octanol–water partition coefficient (Wildman–Crippen LogP) is -0.0133. The molecule has 10 heteroatoms. The van der Waals surface area contributed by atoms with Gasteiger partial charge in [0.05, 0.1) is 11.5 Å². The molecule has 0 atom stereocenters. The van der Waals surface area contributed by atoms with E-state index in [1.807, 2.05) is 0 Å². The van der Waals surface area contributed by atoms with Crippen molar-refractivity contribution >= 4 is 11.5 Å². The van der Waals surface area contributed by atoms with E-state index in [1.165, 1.54) is 12.3 Å². The fourth-order valence-electron chi connectivity index (χ4n) is 1.28. The van der Waals surface area contributed by atoms with E-state index in [9.17, 15) is 10.1 Å². The van der Waals surface area contributed by atoms with Crippen LogP contribution in [0, 0.1) is 21.4 Å². The normalized spacial score (nSPS) is 9.72. The maximum atomic E-state index is 10.9. The monoisotopic (exact) mass is 246 g/mol. The number of nitro groups is 1. The molecule has 18 heavy (non-hydrogen) atoms. The molecule has 2 aromatic heterocycles. The van der Waals surface area contributed by atoms with E-state index in [0.29, 0.717) is 5.82 Å². The summed E-state index contributed by atoms with van der Waals surface area (Å²) in [6.45, 7) is 0.110. The first-order valence-electron chi connectivity index (χ1n) is 4.72. The van der Waals surface area contributed by atoms with Crippen molar-refractivity contribution in [3.63, 3.8) is 0 Å². The summed E-state index contributed by atoms with van der Waals surface area (Å²) >= 11 is 0. The largest absolute Gasteiger partial charge is 0.357 e. The van der Waals surface area contributed by atoms with Crippen molar-refractivity contribution in [2.75, 3.05) is 5.32 Å². The third kappa shape index (κ3) is 2.19. The molecule has 0 spiro atoms. The van der Waals surface area contributed by atoms with Crippen LogP contribution in [0.5, 0.6) is 0 Å². The molecule has 0 saturated heterocycles. The van der Waals surface area contributed by atoms with Crippen molar-refractivity contribution in [2.24, 2.45) is 0 Å². The second kappa shape index (κ2) is 4.83. The Hall–Kier alpha value is -3.09. The van der Waals surface area contributed by atoms with Gasteiger partial charge in [0.25, 0.3) is 0 Å². The number of nitriles is 1. The summed E-state index contributed by atoms with van der Waals surface area (Å²) in [5, 5.41) is 35.3. The Morgan fingerprint density at radius 3 is 3.06 bits per heavy atom. The molecule has 2 rings (SSSR count). The Bertz CT molecular complexity index is 602. The lowest BCUT2D eigenvalue weighted by molar-refractivity contribution is -0.384. The summed E-state index contributed by atoms with van der Waals surface area (Å²) in [6, 6.07) is 3.01. The molecular formula is C8H6N8O2. The number of H-pyrrole nitrogens is 1. The van der Waals surface area contributed by atoms with Gasteiger partial charge in [-0.2, -0.15) is 10.5 Å². The molecule has 2 aromatic rings. The quantitative estimate of drug-likeness (QED) is 0.565. The Kier molecular flexibility index (Phi) is 3.06. The summed E-state index contributed by atoms with van der Waals surface area (Å²) in [6.07, 6.45) is 1.31. The Morgan fingerprint density at radius 2 is 2.44 bits per heavy atom. The summed E-state index contributed by atoms with van der Waals surface area (Å²) < 4.78 is 0. The fraction of sp³-hybridized carbons (Fsp3) is 0.125. The van der Waals surface area contributed by atoms with Gasteiger partial charge in [0.2, 0.25) is 5.82 Å². The molecule has 0 saturated carbocycles. The number of hydrogen-bond donors (Lipinski definition) is 2. The molecule has 2 N–H and O–H groups in total. The van der Waals surface area contributed by atoms with E-state index in [0.717, 1.165) is 0 Å². The molecule has 0 bridgehead atoms. The minimum Gasteiger partial charge on any atom is -0.357 e. The van der Waals surface area contributed by atoms with Crippen LogP contribution in [0.25, 0.3) is 0 Å². The third-order valence-corrected chi connectivity index (χ3v) is 2.03. The van der Waals surface area contributed by atoms with Crippen LogP contribution in [0.1, 0.15) is 11.4 Å². The maximum Gasteiger partial charge on any atom is 0.328 e. The van der Waals surface area contributed by atoms with Gasteiger partial charge in [0.15, 0.2) is 5.82 Å². The van der Waals surface area contributed by atoms with Gasteiger partial charge < -0.3 is 5.32 Å². The third-order valence-electron chi connectivity index (χ3n) is 2.03. The number of aromatic nitrogens is 5. The fourth-order valence-corrected chi connectivity index (χ4v) is 1.28. The first-order chi connectivity index (χ1) is 8.72. The molecular weight excluding hydrogens is 240 g/mol. The highest BCUT2D eigenvalue weighted by atomic mass is 16.6. The molecule has 0 amide bonds. The highest BCUT2D eigenvalue weighted by Crippen LogP contribution is 2.25. The average molecular weight is 246 g/mol. The van der Waals surface area contributed by atoms with Gasteiger partial charge in [0.1, 0.15) is 11.6 Å². The first-order valence-corrected chi connectivity index (χ1v) is 4.72. The zero-order valence-electron chi connectivity index (χ0n) is 8.86. The van der Waals surface area contributed by atoms with Crippen LogP contribution >= 0.6 is 0 Å². The van der Waals surface area contributed by atoms with E-state index in [1.54, 1.807) is 6.07 Å². The standard InChI is InChI=1S/C8H6N8O2/c9-3-5-1-2-10-8(7(5)16(17)18)11-4-6-12-14-15-13-6/h1-2H,4H2,(H,10,11)(H,12,13,14,15). The number of rotatable bonds is 4. The predicted molar refractivity (Wildman–Crippen MR) is 57.1 cm³/mol. The Morgan fingerprint density at radius 1 is 1.61 bits per heavy atom. The number of aromatic amines is 1. The lowest BCUT2D eigenvalue weighted by atomic mass is 10.2. The summed E-state index contributed by atoms with van der Waals surface area (Å²) in [5.74, 6) is 0.317. The van der Waals surface area contributed by atoms with Crippen LogP contribution in [0.2, 0.25) is 0 Å². The van der Waals surface area contributed by atoms with Crippen LogP contribution < -0.4 is 5.32 Å². The van der Waals surface area contributed by atoms with E-state index in [-0.39, 0.29) is 23.6 Å². The summed E-state index contributed by atoms with van der Waals surface area (Å²) in [4.78, 5) is 14.0. The summed E-state index contributed by atoms with van der Waals surface area (Å²) in [5.41, 5.74) is -0.436. The van der Waals surface area contributed by atoms with Crippen molar-refractivity contribution in [3.8, 4) is 6.07 Å². The molecule has 0 aliphatic rings. The minimum absolute atomic E-state index is 0.0103. The molecule has 0 aliphatic carbocycles. The van der Waals surface area contributed by atoms with E-state index >= 15 is 0 Å². The van der Waals surface area contributed by atoms with Crippen molar-refractivity contribution in [2.45, 2.75) is 6.54 Å². The van der Waals surface area contributed by atoms with Crippen LogP contribution in [-0.4, -0.2) is 30.5 Å². The van der Waals surface area contributed by atoms with E-state index in [4.69, 9.17) is 5.26 Å². The topological polar surface area (TPSA) is 146 Å².